The molecule has 0 saturated carbocycles. The summed E-state index contributed by atoms with van der Waals surface area (Å²) < 4.78 is 0. The number of amides is 2. The molecule has 2 rings (SSSR count). The van der Waals surface area contributed by atoms with Crippen LogP contribution in [0, 0.1) is 0 Å². The van der Waals surface area contributed by atoms with Crippen molar-refractivity contribution in [2.75, 3.05) is 11.9 Å². The third kappa shape index (κ3) is 4.92. The molecule has 0 spiro atoms. The molecule has 0 atom stereocenters. The molecule has 0 saturated heterocycles. The summed E-state index contributed by atoms with van der Waals surface area (Å²) in [5, 5.41) is 13.1. The van der Waals surface area contributed by atoms with Crippen LogP contribution in [-0.2, 0) is 6.42 Å². The Balaban J connectivity index is 1.92. The Bertz CT molecular complexity index is 618. The van der Waals surface area contributed by atoms with Crippen LogP contribution in [0.15, 0.2) is 29.4 Å². The smallest absolute Gasteiger partial charge is 0.319 e. The summed E-state index contributed by atoms with van der Waals surface area (Å²) in [5.74, 6) is 0.735. The lowest BCUT2D eigenvalue weighted by Crippen LogP contribution is -2.30. The SMILES string of the molecule is CC(C)Sc1c(Cl)cccc1NC(=O)NCCc1ncn[nH]1. The van der Waals surface area contributed by atoms with Gasteiger partial charge in [0.15, 0.2) is 0 Å². The number of carbonyl (C=O) groups excluding carboxylic acids is 1. The maximum absolute atomic E-state index is 12.0. The molecule has 1 aromatic carbocycles. The summed E-state index contributed by atoms with van der Waals surface area (Å²) in [7, 11) is 0. The maximum atomic E-state index is 12.0. The van der Waals surface area contributed by atoms with E-state index in [-0.39, 0.29) is 6.03 Å². The number of benzene rings is 1. The molecule has 0 aliphatic carbocycles. The molecule has 2 amide bonds. The van der Waals surface area contributed by atoms with Gasteiger partial charge in [0.1, 0.15) is 12.2 Å². The molecule has 0 fully saturated rings. The minimum absolute atomic E-state index is 0.271. The lowest BCUT2D eigenvalue weighted by molar-refractivity contribution is 0.252. The van der Waals surface area contributed by atoms with E-state index in [1.165, 1.54) is 6.33 Å². The predicted octanol–water partition coefficient (Wildman–Crippen LogP) is 3.32. The third-order valence-electron chi connectivity index (χ3n) is 2.68. The van der Waals surface area contributed by atoms with Crippen molar-refractivity contribution in [1.82, 2.24) is 20.5 Å². The molecule has 0 radical (unpaired) electrons. The molecule has 0 unspecified atom stereocenters. The summed E-state index contributed by atoms with van der Waals surface area (Å²) in [4.78, 5) is 16.8. The minimum Gasteiger partial charge on any atom is -0.337 e. The second-order valence-electron chi connectivity index (χ2n) is 4.85. The maximum Gasteiger partial charge on any atom is 0.319 e. The molecule has 0 aliphatic heterocycles. The Morgan fingerprint density at radius 1 is 1.45 bits per heavy atom. The largest absolute Gasteiger partial charge is 0.337 e. The fourth-order valence-corrected chi connectivity index (χ4v) is 2.98. The Kier molecular flexibility index (Phi) is 6.09. The number of urea groups is 1. The van der Waals surface area contributed by atoms with Crippen LogP contribution in [0.2, 0.25) is 5.02 Å². The van der Waals surface area contributed by atoms with Gasteiger partial charge in [-0.1, -0.05) is 31.5 Å². The van der Waals surface area contributed by atoms with E-state index in [1.54, 1.807) is 11.8 Å². The van der Waals surface area contributed by atoms with Crippen LogP contribution in [0.25, 0.3) is 0 Å². The zero-order valence-electron chi connectivity index (χ0n) is 12.4. The van der Waals surface area contributed by atoms with E-state index in [0.29, 0.717) is 28.9 Å². The number of nitrogens with one attached hydrogen (secondary N) is 3. The van der Waals surface area contributed by atoms with E-state index in [1.807, 2.05) is 18.2 Å². The molecule has 1 heterocycles. The predicted molar refractivity (Wildman–Crippen MR) is 89.6 cm³/mol. The lowest BCUT2D eigenvalue weighted by atomic mass is 10.3. The van der Waals surface area contributed by atoms with Gasteiger partial charge in [0.05, 0.1) is 10.7 Å². The standard InChI is InChI=1S/C14H18ClN5OS/c1-9(2)22-13-10(15)4-3-5-11(13)19-14(21)16-7-6-12-17-8-18-20-12/h3-5,8-9H,6-7H2,1-2H3,(H2,16,19,21)(H,17,18,20). The van der Waals surface area contributed by atoms with Gasteiger partial charge in [-0.25, -0.2) is 9.78 Å². The number of anilines is 1. The van der Waals surface area contributed by atoms with E-state index in [9.17, 15) is 4.79 Å². The summed E-state index contributed by atoms with van der Waals surface area (Å²) in [6, 6.07) is 5.20. The molecular formula is C14H18ClN5OS. The van der Waals surface area contributed by atoms with Crippen molar-refractivity contribution in [2.24, 2.45) is 0 Å². The van der Waals surface area contributed by atoms with Gasteiger partial charge in [0.25, 0.3) is 0 Å². The van der Waals surface area contributed by atoms with Crippen LogP contribution in [0.5, 0.6) is 0 Å². The number of aromatic nitrogens is 3. The number of hydrogen-bond acceptors (Lipinski definition) is 4. The Hall–Kier alpha value is -1.73. The van der Waals surface area contributed by atoms with Gasteiger partial charge in [-0.05, 0) is 12.1 Å². The topological polar surface area (TPSA) is 82.7 Å². The normalized spacial score (nSPS) is 10.7. The molecule has 3 N–H and O–H groups in total. The molecule has 0 bridgehead atoms. The molecule has 8 heteroatoms. The zero-order valence-corrected chi connectivity index (χ0v) is 14.0. The van der Waals surface area contributed by atoms with E-state index in [0.717, 1.165) is 10.7 Å². The molecule has 118 valence electrons. The second kappa shape index (κ2) is 8.05. The van der Waals surface area contributed by atoms with Gasteiger partial charge in [-0.15, -0.1) is 11.8 Å². The van der Waals surface area contributed by atoms with Gasteiger partial charge in [-0.3, -0.25) is 5.10 Å². The Morgan fingerprint density at radius 3 is 2.95 bits per heavy atom. The highest BCUT2D eigenvalue weighted by atomic mass is 35.5. The summed E-state index contributed by atoms with van der Waals surface area (Å²) in [5.41, 5.74) is 0.711. The van der Waals surface area contributed by atoms with Gasteiger partial charge >= 0.3 is 6.03 Å². The second-order valence-corrected chi connectivity index (χ2v) is 6.84. The lowest BCUT2D eigenvalue weighted by Gasteiger charge is -2.14. The van der Waals surface area contributed by atoms with Crippen molar-refractivity contribution in [2.45, 2.75) is 30.4 Å². The monoisotopic (exact) mass is 339 g/mol. The summed E-state index contributed by atoms with van der Waals surface area (Å²) in [6.45, 7) is 4.62. The van der Waals surface area contributed by atoms with Crippen LogP contribution < -0.4 is 10.6 Å². The molecule has 0 aliphatic rings. The van der Waals surface area contributed by atoms with Crippen LogP contribution >= 0.6 is 23.4 Å². The Labute approximate surface area is 138 Å². The number of H-pyrrole nitrogens is 1. The first kappa shape index (κ1) is 16.6. The van der Waals surface area contributed by atoms with Gasteiger partial charge in [-0.2, -0.15) is 5.10 Å². The molecule has 22 heavy (non-hydrogen) atoms. The number of halogens is 1. The summed E-state index contributed by atoms with van der Waals surface area (Å²) in [6.07, 6.45) is 2.04. The number of thioether (sulfide) groups is 1. The van der Waals surface area contributed by atoms with E-state index < -0.39 is 0 Å². The molecule has 1 aromatic heterocycles. The van der Waals surface area contributed by atoms with E-state index in [4.69, 9.17) is 11.6 Å². The number of aromatic amines is 1. The van der Waals surface area contributed by atoms with Gasteiger partial charge < -0.3 is 10.6 Å². The molecule has 6 nitrogen and oxygen atoms in total. The first-order valence-electron chi connectivity index (χ1n) is 6.90. The third-order valence-corrected chi connectivity index (χ3v) is 4.25. The van der Waals surface area contributed by atoms with Crippen LogP contribution in [0.1, 0.15) is 19.7 Å². The first-order valence-corrected chi connectivity index (χ1v) is 8.16. The Morgan fingerprint density at radius 2 is 2.27 bits per heavy atom. The van der Waals surface area contributed by atoms with Crippen molar-refractivity contribution in [3.05, 3.63) is 35.4 Å². The number of nitrogens with zero attached hydrogens (tertiary/aromatic N) is 2. The van der Waals surface area contributed by atoms with Crippen molar-refractivity contribution in [1.29, 1.82) is 0 Å². The van der Waals surface area contributed by atoms with E-state index in [2.05, 4.69) is 39.7 Å². The van der Waals surface area contributed by atoms with Crippen molar-refractivity contribution in [3.63, 3.8) is 0 Å². The van der Waals surface area contributed by atoms with Crippen molar-refractivity contribution >= 4 is 35.1 Å². The average molecular weight is 340 g/mol. The van der Waals surface area contributed by atoms with Crippen LogP contribution in [0.3, 0.4) is 0 Å². The van der Waals surface area contributed by atoms with Gasteiger partial charge in [0.2, 0.25) is 0 Å². The van der Waals surface area contributed by atoms with Crippen molar-refractivity contribution < 1.29 is 4.79 Å². The number of hydrogen-bond donors (Lipinski definition) is 3. The van der Waals surface area contributed by atoms with Crippen LogP contribution in [-0.4, -0.2) is 33.0 Å². The minimum atomic E-state index is -0.271. The van der Waals surface area contributed by atoms with Crippen LogP contribution in [0.4, 0.5) is 10.5 Å². The van der Waals surface area contributed by atoms with Crippen molar-refractivity contribution in [3.8, 4) is 0 Å². The quantitative estimate of drug-likeness (QED) is 0.705. The highest BCUT2D eigenvalue weighted by Gasteiger charge is 2.12. The highest BCUT2D eigenvalue weighted by Crippen LogP contribution is 2.36. The number of carbonyl (C=O) groups is 1. The van der Waals surface area contributed by atoms with Gasteiger partial charge in [0, 0.05) is 23.1 Å². The highest BCUT2D eigenvalue weighted by molar-refractivity contribution is 8.00. The molecular weight excluding hydrogens is 322 g/mol. The van der Waals surface area contributed by atoms with E-state index >= 15 is 0 Å². The summed E-state index contributed by atoms with van der Waals surface area (Å²) >= 11 is 7.83. The fraction of sp³-hybridized carbons (Fsp3) is 0.357. The first-order chi connectivity index (χ1) is 10.6. The zero-order chi connectivity index (χ0) is 15.9. The number of rotatable bonds is 6. The molecule has 2 aromatic rings. The average Bonchev–Trinajstić information content (AvgIpc) is 2.95. The fourth-order valence-electron chi connectivity index (χ4n) is 1.77.